The molecule has 2 unspecified atom stereocenters. The molecule has 0 saturated heterocycles. The number of carbonyl (C=O) groups excluding carboxylic acids is 2. The highest BCUT2D eigenvalue weighted by molar-refractivity contribution is 7.47. The molecule has 10 heteroatoms. The van der Waals surface area contributed by atoms with Gasteiger partial charge >= 0.3 is 19.8 Å². The minimum atomic E-state index is -4.41. The second-order valence-electron chi connectivity index (χ2n) is 19.1. The summed E-state index contributed by atoms with van der Waals surface area (Å²) in [6.45, 7) is 3.46. The number of phosphoric acid groups is 1. The largest absolute Gasteiger partial charge is 0.472 e. The van der Waals surface area contributed by atoms with Gasteiger partial charge in [-0.25, -0.2) is 4.57 Å². The number of phosphoric ester groups is 1. The zero-order chi connectivity index (χ0) is 55.9. The molecular formula is C67H108NO8P. The Bertz CT molecular complexity index is 1810. The molecule has 0 aliphatic rings. The zero-order valence-electron chi connectivity index (χ0n) is 48.4. The van der Waals surface area contributed by atoms with Crippen LogP contribution in [0.25, 0.3) is 0 Å². The Morgan fingerprint density at radius 1 is 0.390 bits per heavy atom. The van der Waals surface area contributed by atoms with Gasteiger partial charge in [-0.1, -0.05) is 242 Å². The Kier molecular flexibility index (Phi) is 57.4. The zero-order valence-corrected chi connectivity index (χ0v) is 49.3. The third-order valence-electron chi connectivity index (χ3n) is 11.9. The molecule has 0 aromatic rings. The number of ether oxygens (including phenoxy) is 2. The topological polar surface area (TPSA) is 134 Å². The summed E-state index contributed by atoms with van der Waals surface area (Å²) < 4.78 is 33.0. The van der Waals surface area contributed by atoms with Crippen LogP contribution in [0.15, 0.2) is 158 Å². The van der Waals surface area contributed by atoms with Crippen LogP contribution in [0.2, 0.25) is 0 Å². The lowest BCUT2D eigenvalue weighted by molar-refractivity contribution is -0.161. The lowest BCUT2D eigenvalue weighted by Crippen LogP contribution is -2.29. The minimum absolute atomic E-state index is 0.0395. The predicted octanol–water partition coefficient (Wildman–Crippen LogP) is 19.3. The molecule has 0 spiro atoms. The monoisotopic (exact) mass is 1090 g/mol. The fraction of sp³-hybridized carbons (Fsp3) is 0.582. The standard InChI is InChI=1S/C67H108NO8P/c1-3-5-7-9-11-13-15-17-19-21-23-25-27-29-31-32-34-36-38-40-42-44-46-48-50-52-54-56-58-60-67(70)76-65(64-75-77(71,72)74-62-61-68)63-73-66(69)59-57-55-53-51-49-47-45-43-41-39-37-35-33-30-28-26-24-22-20-18-16-14-12-10-8-6-4-2/h5-8,11-14,17-20,23-26,29-31,33-34,36,40,42,46,48,65H,3-4,9-10,15-16,21-22,27-28,32,35,37-39,41,43-45,47,49-64,68H2,1-2H3,(H,71,72)/b7-5-,8-6-,13-11-,14-12-,19-17-,20-18-,25-23-,26-24-,31-29-,33-30-,36-34-,42-40-,48-46-. The van der Waals surface area contributed by atoms with Gasteiger partial charge in [0.25, 0.3) is 0 Å². The maximum atomic E-state index is 12.7. The van der Waals surface area contributed by atoms with E-state index in [9.17, 15) is 19.0 Å². The maximum Gasteiger partial charge on any atom is 0.472 e. The lowest BCUT2D eigenvalue weighted by Gasteiger charge is -2.19. The minimum Gasteiger partial charge on any atom is -0.462 e. The molecule has 0 aliphatic carbocycles. The number of unbranched alkanes of at least 4 members (excludes halogenated alkanes) is 15. The van der Waals surface area contributed by atoms with E-state index in [0.717, 1.165) is 141 Å². The number of hydrogen-bond donors (Lipinski definition) is 2. The van der Waals surface area contributed by atoms with Crippen molar-refractivity contribution >= 4 is 19.8 Å². The van der Waals surface area contributed by atoms with Gasteiger partial charge in [-0.3, -0.25) is 18.6 Å². The first kappa shape index (κ1) is 72.6. The number of rotatable bonds is 54. The van der Waals surface area contributed by atoms with E-state index in [1.54, 1.807) is 0 Å². The van der Waals surface area contributed by atoms with Gasteiger partial charge in [-0.15, -0.1) is 0 Å². The molecule has 0 bridgehead atoms. The van der Waals surface area contributed by atoms with Crippen molar-refractivity contribution in [3.8, 4) is 0 Å². The smallest absolute Gasteiger partial charge is 0.462 e. The third-order valence-corrected chi connectivity index (χ3v) is 12.9. The summed E-state index contributed by atoms with van der Waals surface area (Å²) in [6.07, 6.45) is 88.6. The molecule has 9 nitrogen and oxygen atoms in total. The van der Waals surface area contributed by atoms with Gasteiger partial charge in [0.2, 0.25) is 0 Å². The van der Waals surface area contributed by atoms with Gasteiger partial charge < -0.3 is 20.1 Å². The SMILES string of the molecule is CC/C=C\C/C=C\C/C=C\C/C=C\C/C=C\C/C=C\C/C=C\C/C=C\CCCCCCC(=O)OC(COC(=O)CCCCCCCCCCCCC/C=C\C/C=C\C/C=C\C/C=C\C/C=C\CC)COP(=O)(O)OCCN. The second kappa shape index (κ2) is 60.9. The van der Waals surface area contributed by atoms with Crippen LogP contribution in [0.4, 0.5) is 0 Å². The van der Waals surface area contributed by atoms with Crippen LogP contribution in [0.3, 0.4) is 0 Å². The van der Waals surface area contributed by atoms with Crippen LogP contribution >= 0.6 is 7.82 Å². The Morgan fingerprint density at radius 3 is 1.00 bits per heavy atom. The van der Waals surface area contributed by atoms with E-state index >= 15 is 0 Å². The Balaban J connectivity index is 4.09. The molecule has 434 valence electrons. The molecule has 0 radical (unpaired) electrons. The van der Waals surface area contributed by atoms with Gasteiger partial charge in [0.05, 0.1) is 13.2 Å². The van der Waals surface area contributed by atoms with Crippen molar-refractivity contribution in [2.75, 3.05) is 26.4 Å². The molecule has 3 N–H and O–H groups in total. The van der Waals surface area contributed by atoms with Gasteiger partial charge in [0.15, 0.2) is 6.10 Å². The quantitative estimate of drug-likeness (QED) is 0.0264. The molecule has 77 heavy (non-hydrogen) atoms. The van der Waals surface area contributed by atoms with Crippen LogP contribution in [0.5, 0.6) is 0 Å². The molecule has 0 rings (SSSR count). The Hall–Kier alpha value is -4.37. The molecule has 0 fully saturated rings. The lowest BCUT2D eigenvalue weighted by atomic mass is 10.0. The van der Waals surface area contributed by atoms with Crippen molar-refractivity contribution in [1.82, 2.24) is 0 Å². The molecule has 0 heterocycles. The number of nitrogens with two attached hydrogens (primary N) is 1. The predicted molar refractivity (Wildman–Crippen MR) is 330 cm³/mol. The highest BCUT2D eigenvalue weighted by Gasteiger charge is 2.26. The number of carbonyl (C=O) groups is 2. The first-order chi connectivity index (χ1) is 37.8. The van der Waals surface area contributed by atoms with E-state index in [2.05, 4.69) is 172 Å². The molecule has 0 amide bonds. The van der Waals surface area contributed by atoms with Crippen LogP contribution in [-0.4, -0.2) is 49.3 Å². The number of hydrogen-bond acceptors (Lipinski definition) is 8. The fourth-order valence-electron chi connectivity index (χ4n) is 7.56. The molecule has 0 aromatic carbocycles. The molecular weight excluding hydrogens is 978 g/mol. The normalized spacial score (nSPS) is 14.2. The summed E-state index contributed by atoms with van der Waals surface area (Å²) in [4.78, 5) is 35.2. The van der Waals surface area contributed by atoms with Crippen molar-refractivity contribution in [3.63, 3.8) is 0 Å². The van der Waals surface area contributed by atoms with E-state index in [0.29, 0.717) is 6.42 Å². The molecule has 0 aliphatic heterocycles. The van der Waals surface area contributed by atoms with Crippen LogP contribution < -0.4 is 5.73 Å². The van der Waals surface area contributed by atoms with E-state index < -0.39 is 32.5 Å². The van der Waals surface area contributed by atoms with Crippen molar-refractivity contribution in [2.45, 2.75) is 225 Å². The van der Waals surface area contributed by atoms with Crippen LogP contribution in [0, 0.1) is 0 Å². The van der Waals surface area contributed by atoms with E-state index in [1.165, 1.54) is 44.9 Å². The van der Waals surface area contributed by atoms with E-state index in [4.69, 9.17) is 24.3 Å². The summed E-state index contributed by atoms with van der Waals surface area (Å²) in [6, 6.07) is 0. The van der Waals surface area contributed by atoms with Gasteiger partial charge in [0, 0.05) is 19.4 Å². The Labute approximate surface area is 470 Å². The first-order valence-corrected chi connectivity index (χ1v) is 31.5. The summed E-state index contributed by atoms with van der Waals surface area (Å²) in [5.41, 5.74) is 5.38. The van der Waals surface area contributed by atoms with Gasteiger partial charge in [-0.2, -0.15) is 0 Å². The third kappa shape index (κ3) is 60.7. The van der Waals surface area contributed by atoms with E-state index in [1.807, 2.05) is 0 Å². The van der Waals surface area contributed by atoms with Crippen molar-refractivity contribution in [2.24, 2.45) is 5.73 Å². The highest BCUT2D eigenvalue weighted by Crippen LogP contribution is 2.43. The number of allylic oxidation sites excluding steroid dienone is 26. The van der Waals surface area contributed by atoms with Crippen molar-refractivity contribution < 1.29 is 37.6 Å². The van der Waals surface area contributed by atoms with Crippen LogP contribution in [-0.2, 0) is 32.7 Å². The van der Waals surface area contributed by atoms with Crippen LogP contribution in [0.1, 0.15) is 219 Å². The maximum absolute atomic E-state index is 12.7. The van der Waals surface area contributed by atoms with E-state index in [-0.39, 0.29) is 32.6 Å². The average Bonchev–Trinajstić information content (AvgIpc) is 3.42. The van der Waals surface area contributed by atoms with Gasteiger partial charge in [-0.05, 0) is 122 Å². The summed E-state index contributed by atoms with van der Waals surface area (Å²) in [5, 5.41) is 0. The molecule has 0 saturated carbocycles. The highest BCUT2D eigenvalue weighted by atomic mass is 31.2. The summed E-state index contributed by atoms with van der Waals surface area (Å²) in [7, 11) is -4.41. The summed E-state index contributed by atoms with van der Waals surface area (Å²) >= 11 is 0. The van der Waals surface area contributed by atoms with Gasteiger partial charge in [0.1, 0.15) is 6.61 Å². The first-order valence-electron chi connectivity index (χ1n) is 30.0. The second-order valence-corrected chi connectivity index (χ2v) is 20.6. The summed E-state index contributed by atoms with van der Waals surface area (Å²) in [5.74, 6) is -0.872. The average molecular weight is 1090 g/mol. The van der Waals surface area contributed by atoms with Crippen molar-refractivity contribution in [3.05, 3.63) is 158 Å². The molecule has 0 aromatic heterocycles. The Morgan fingerprint density at radius 2 is 0.675 bits per heavy atom. The van der Waals surface area contributed by atoms with Crippen molar-refractivity contribution in [1.29, 1.82) is 0 Å². The fourth-order valence-corrected chi connectivity index (χ4v) is 8.32. The molecule has 2 atom stereocenters. The number of esters is 2.